The van der Waals surface area contributed by atoms with E-state index in [9.17, 15) is 0 Å². The molecule has 0 aromatic carbocycles. The topological polar surface area (TPSA) is 6.48 Å². The third kappa shape index (κ3) is 2.38. The van der Waals surface area contributed by atoms with Crippen molar-refractivity contribution in [3.05, 3.63) is 9.81 Å². The van der Waals surface area contributed by atoms with Crippen molar-refractivity contribution in [2.75, 3.05) is 13.1 Å². The van der Waals surface area contributed by atoms with Crippen LogP contribution in [0.5, 0.6) is 0 Å². The third-order valence-electron chi connectivity index (χ3n) is 2.54. The molecule has 0 saturated carbocycles. The Hall–Kier alpha value is 0.400. The zero-order valence-electron chi connectivity index (χ0n) is 9.76. The minimum Gasteiger partial charge on any atom is -0.317 e. The van der Waals surface area contributed by atoms with Gasteiger partial charge in [0.15, 0.2) is 0 Å². The van der Waals surface area contributed by atoms with Gasteiger partial charge in [0.2, 0.25) is 0 Å². The van der Waals surface area contributed by atoms with Crippen molar-refractivity contribution in [3.8, 4) is 0 Å². The summed E-state index contributed by atoms with van der Waals surface area (Å²) in [5, 5.41) is 0. The van der Waals surface area contributed by atoms with Gasteiger partial charge in [0.25, 0.3) is 0 Å². The number of likely N-dealkylation sites (N-methyl/N-ethyl adjacent to an activating group) is 2. The Balaban J connectivity index is 2.40. The molecule has 0 atom stereocenters. The fraction of sp³-hybridized carbons (Fsp3) is 0.400. The van der Waals surface area contributed by atoms with Crippen LogP contribution in [-0.2, 0) is 0 Å². The Labute approximate surface area is 137 Å². The molecule has 2 heterocycles. The van der Waals surface area contributed by atoms with Gasteiger partial charge >= 0.3 is 0 Å². The van der Waals surface area contributed by atoms with E-state index in [1.54, 1.807) is 0 Å². The first-order chi connectivity index (χ1) is 8.51. The molecule has 18 heavy (non-hydrogen) atoms. The number of hydrogen-bond donors (Lipinski definition) is 0. The van der Waals surface area contributed by atoms with Crippen molar-refractivity contribution >= 4 is 91.0 Å². The maximum absolute atomic E-state index is 5.47. The lowest BCUT2D eigenvalue weighted by molar-refractivity contribution is 0.682. The van der Waals surface area contributed by atoms with Crippen LogP contribution in [0.3, 0.4) is 0 Å². The zero-order valence-corrected chi connectivity index (χ0v) is 14.7. The van der Waals surface area contributed by atoms with Crippen molar-refractivity contribution in [2.24, 2.45) is 0 Å². The summed E-state index contributed by atoms with van der Waals surface area (Å²) in [4.78, 5) is 7.45. The van der Waals surface area contributed by atoms with Gasteiger partial charge in [-0.05, 0) is 13.8 Å². The Morgan fingerprint density at radius 3 is 1.33 bits per heavy atom. The van der Waals surface area contributed by atoms with Crippen molar-refractivity contribution in [1.82, 2.24) is 9.80 Å². The van der Waals surface area contributed by atoms with E-state index < -0.39 is 0 Å². The summed E-state index contributed by atoms with van der Waals surface area (Å²) in [5.74, 6) is 0. The van der Waals surface area contributed by atoms with Gasteiger partial charge in [-0.15, -0.1) is 0 Å². The lowest BCUT2D eigenvalue weighted by Crippen LogP contribution is -2.27. The SMILES string of the molecule is CCN1C(=S)S/C(=C2\SC(=S)N(CC)C2=S)C1=S. The molecule has 0 bridgehead atoms. The number of nitrogens with zero attached hydrogens (tertiary/aromatic N) is 2. The number of rotatable bonds is 2. The molecule has 2 aliphatic heterocycles. The van der Waals surface area contributed by atoms with E-state index >= 15 is 0 Å². The summed E-state index contributed by atoms with van der Waals surface area (Å²) >= 11 is 24.6. The summed E-state index contributed by atoms with van der Waals surface area (Å²) in [6.07, 6.45) is 0. The molecule has 0 aliphatic carbocycles. The molecule has 2 rings (SSSR count). The van der Waals surface area contributed by atoms with Crippen LogP contribution >= 0.6 is 72.4 Å². The first kappa shape index (κ1) is 14.8. The molecule has 2 saturated heterocycles. The van der Waals surface area contributed by atoms with E-state index in [-0.39, 0.29) is 0 Å². The van der Waals surface area contributed by atoms with Crippen LogP contribution < -0.4 is 0 Å². The van der Waals surface area contributed by atoms with Crippen molar-refractivity contribution in [3.63, 3.8) is 0 Å². The quantitative estimate of drug-likeness (QED) is 0.544. The molecule has 0 aromatic rings. The Morgan fingerprint density at radius 2 is 1.11 bits per heavy atom. The van der Waals surface area contributed by atoms with Crippen LogP contribution in [0.4, 0.5) is 0 Å². The van der Waals surface area contributed by atoms with E-state index in [0.717, 1.165) is 41.5 Å². The van der Waals surface area contributed by atoms with Crippen LogP contribution in [0.1, 0.15) is 13.8 Å². The van der Waals surface area contributed by atoms with Gasteiger partial charge in [-0.25, -0.2) is 0 Å². The first-order valence-electron chi connectivity index (χ1n) is 5.32. The maximum atomic E-state index is 5.47. The average molecular weight is 351 g/mol. The van der Waals surface area contributed by atoms with Crippen molar-refractivity contribution in [1.29, 1.82) is 0 Å². The highest BCUT2D eigenvalue weighted by molar-refractivity contribution is 8.30. The molecule has 2 nitrogen and oxygen atoms in total. The van der Waals surface area contributed by atoms with E-state index in [4.69, 9.17) is 48.9 Å². The fourth-order valence-corrected chi connectivity index (χ4v) is 5.85. The predicted octanol–water partition coefficient (Wildman–Crippen LogP) is 3.56. The normalized spacial score (nSPS) is 24.8. The van der Waals surface area contributed by atoms with E-state index in [1.165, 1.54) is 23.5 Å². The molecule has 0 radical (unpaired) electrons. The molecular weight excluding hydrogens is 341 g/mol. The predicted molar refractivity (Wildman–Crippen MR) is 97.4 cm³/mol. The van der Waals surface area contributed by atoms with Crippen LogP contribution in [0.2, 0.25) is 0 Å². The largest absolute Gasteiger partial charge is 0.317 e. The summed E-state index contributed by atoms with van der Waals surface area (Å²) in [7, 11) is 0. The van der Waals surface area contributed by atoms with E-state index in [1.807, 2.05) is 23.6 Å². The van der Waals surface area contributed by atoms with Gasteiger partial charge in [0.05, 0.1) is 9.81 Å². The van der Waals surface area contributed by atoms with Crippen molar-refractivity contribution < 1.29 is 0 Å². The van der Waals surface area contributed by atoms with Crippen LogP contribution in [0.15, 0.2) is 9.81 Å². The standard InChI is InChI=1S/C10H10N2S6/c1-3-11-7(13)5(17-9(11)15)6-8(14)12(4-2)10(16)18-6/h3-4H2,1-2H3/b6-5-. The second-order valence-corrected chi connectivity index (χ2v) is 7.55. The minimum atomic E-state index is 0.776. The summed E-state index contributed by atoms with van der Waals surface area (Å²) in [5.41, 5.74) is 0. The number of hydrogen-bond acceptors (Lipinski definition) is 6. The molecule has 0 amide bonds. The smallest absolute Gasteiger partial charge is 0.146 e. The molecule has 2 fully saturated rings. The molecule has 0 aromatic heterocycles. The zero-order chi connectivity index (χ0) is 13.4. The summed E-state index contributed by atoms with van der Waals surface area (Å²) in [6, 6.07) is 0. The highest BCUT2D eigenvalue weighted by atomic mass is 32.2. The lowest BCUT2D eigenvalue weighted by Gasteiger charge is -2.14. The molecular formula is C10H10N2S6. The maximum Gasteiger partial charge on any atom is 0.146 e. The Morgan fingerprint density at radius 1 is 0.778 bits per heavy atom. The third-order valence-corrected chi connectivity index (χ3v) is 6.71. The summed E-state index contributed by atoms with van der Waals surface area (Å²) in [6.45, 7) is 5.66. The van der Waals surface area contributed by atoms with Gasteiger partial charge in [-0.2, -0.15) is 0 Å². The second-order valence-electron chi connectivity index (χ2n) is 3.49. The van der Waals surface area contributed by atoms with Crippen LogP contribution in [0.25, 0.3) is 0 Å². The van der Waals surface area contributed by atoms with Gasteiger partial charge in [-0.1, -0.05) is 72.4 Å². The molecule has 0 N–H and O–H groups in total. The molecule has 8 heteroatoms. The Kier molecular flexibility index (Phi) is 4.77. The highest BCUT2D eigenvalue weighted by Crippen LogP contribution is 2.42. The number of thioether (sulfide) groups is 2. The molecule has 0 unspecified atom stereocenters. The van der Waals surface area contributed by atoms with Gasteiger partial charge in [0, 0.05) is 13.1 Å². The van der Waals surface area contributed by atoms with E-state index in [0.29, 0.717) is 0 Å². The average Bonchev–Trinajstić information content (AvgIpc) is 2.76. The van der Waals surface area contributed by atoms with Crippen molar-refractivity contribution in [2.45, 2.75) is 13.8 Å². The second kappa shape index (κ2) is 5.80. The van der Waals surface area contributed by atoms with E-state index in [2.05, 4.69) is 0 Å². The molecule has 96 valence electrons. The van der Waals surface area contributed by atoms with Gasteiger partial charge in [0.1, 0.15) is 18.6 Å². The van der Waals surface area contributed by atoms with Crippen LogP contribution in [-0.4, -0.2) is 41.5 Å². The molecule has 2 aliphatic rings. The van der Waals surface area contributed by atoms with Gasteiger partial charge < -0.3 is 9.80 Å². The lowest BCUT2D eigenvalue weighted by atomic mass is 10.4. The number of thiocarbonyl (C=S) groups is 4. The monoisotopic (exact) mass is 350 g/mol. The van der Waals surface area contributed by atoms with Crippen LogP contribution in [0, 0.1) is 0 Å². The molecule has 0 spiro atoms. The Bertz CT molecular complexity index is 451. The first-order valence-corrected chi connectivity index (χ1v) is 8.59. The minimum absolute atomic E-state index is 0.776. The highest BCUT2D eigenvalue weighted by Gasteiger charge is 2.36. The van der Waals surface area contributed by atoms with Gasteiger partial charge in [-0.3, -0.25) is 0 Å². The summed E-state index contributed by atoms with van der Waals surface area (Å²) < 4.78 is 1.60. The fourth-order valence-electron chi connectivity index (χ4n) is 1.62.